The van der Waals surface area contributed by atoms with Crippen LogP contribution in [0.2, 0.25) is 0 Å². The largest absolute Gasteiger partial charge is 0.493 e. The van der Waals surface area contributed by atoms with E-state index >= 15 is 0 Å². The van der Waals surface area contributed by atoms with Gasteiger partial charge in [0.05, 0.1) is 30.1 Å². The zero-order valence-corrected chi connectivity index (χ0v) is 28.7. The molecule has 14 heteroatoms. The van der Waals surface area contributed by atoms with Crippen molar-refractivity contribution in [2.75, 3.05) is 24.9 Å². The number of nitrogens with zero attached hydrogens (tertiary/aromatic N) is 2. The third-order valence-corrected chi connectivity index (χ3v) is 8.97. The van der Waals surface area contributed by atoms with Gasteiger partial charge in [-0.05, 0) is 49.4 Å². The first-order valence-electron chi connectivity index (χ1n) is 15.0. The number of thiazole rings is 1. The van der Waals surface area contributed by atoms with Crippen LogP contribution >= 0.6 is 23.1 Å². The van der Waals surface area contributed by atoms with Crippen molar-refractivity contribution in [3.05, 3.63) is 129 Å². The lowest BCUT2D eigenvalue weighted by atomic mass is 10.1. The summed E-state index contributed by atoms with van der Waals surface area (Å²) in [5, 5.41) is 21.0. The predicted molar refractivity (Wildman–Crippen MR) is 195 cm³/mol. The fraction of sp³-hybridized carbons (Fsp3) is 0.111. The third-order valence-electron chi connectivity index (χ3n) is 7.12. The highest BCUT2D eigenvalue weighted by Gasteiger charge is 2.20. The number of hydrogen-bond donors (Lipinski definition) is 3. The number of thioether (sulfide) groups is 1. The van der Waals surface area contributed by atoms with Gasteiger partial charge in [-0.15, -0.1) is 23.1 Å². The summed E-state index contributed by atoms with van der Waals surface area (Å²) in [6.07, 6.45) is 1.51. The molecule has 0 saturated heterocycles. The van der Waals surface area contributed by atoms with Gasteiger partial charge in [0.1, 0.15) is 5.70 Å². The molecule has 3 amide bonds. The predicted octanol–water partition coefficient (Wildman–Crippen LogP) is 7.26. The number of amides is 3. The van der Waals surface area contributed by atoms with Crippen LogP contribution in [0, 0.1) is 10.1 Å². The Morgan fingerprint density at radius 2 is 1.68 bits per heavy atom. The standard InChI is InChI=1S/C36H31N5O7S2/c1-22(33(42)40-36-39-30(21-49-36)24-12-7-15-27(18-24)41(45)46)50-28-16-9-14-26(20-28)37-35(44)29(38-34(43)23-10-5-4-6-11-23)19-25-13-8-17-31(47-2)32(25)48-3/h4-22H,1-3H3,(H,37,44)(H,38,43)(H,39,40,42)/b29-19+. The number of para-hydroxylation sites is 1. The topological polar surface area (TPSA) is 162 Å². The summed E-state index contributed by atoms with van der Waals surface area (Å²) in [4.78, 5) is 55.6. The zero-order chi connectivity index (χ0) is 35.6. The van der Waals surface area contributed by atoms with Gasteiger partial charge in [0.15, 0.2) is 16.6 Å². The molecule has 50 heavy (non-hydrogen) atoms. The molecule has 0 saturated carbocycles. The van der Waals surface area contributed by atoms with Gasteiger partial charge in [-0.25, -0.2) is 4.98 Å². The van der Waals surface area contributed by atoms with E-state index < -0.39 is 22.0 Å². The summed E-state index contributed by atoms with van der Waals surface area (Å²) in [5.41, 5.74) is 2.30. The van der Waals surface area contributed by atoms with Gasteiger partial charge >= 0.3 is 0 Å². The van der Waals surface area contributed by atoms with Crippen molar-refractivity contribution in [3.8, 4) is 22.8 Å². The van der Waals surface area contributed by atoms with Gasteiger partial charge in [0.25, 0.3) is 17.5 Å². The molecule has 12 nitrogen and oxygen atoms in total. The van der Waals surface area contributed by atoms with Crippen molar-refractivity contribution in [2.24, 2.45) is 0 Å². The fourth-order valence-electron chi connectivity index (χ4n) is 4.68. The highest BCUT2D eigenvalue weighted by atomic mass is 32.2. The Balaban J connectivity index is 1.29. The minimum Gasteiger partial charge on any atom is -0.493 e. The normalized spacial score (nSPS) is 11.6. The van der Waals surface area contributed by atoms with Gasteiger partial charge in [-0.3, -0.25) is 24.5 Å². The average molecular weight is 710 g/mol. The maximum absolute atomic E-state index is 13.7. The Bertz CT molecular complexity index is 2070. The third kappa shape index (κ3) is 8.92. The van der Waals surface area contributed by atoms with Crippen LogP contribution in [0.25, 0.3) is 17.3 Å². The maximum Gasteiger partial charge on any atom is 0.272 e. The molecule has 3 N–H and O–H groups in total. The molecule has 0 aliphatic carbocycles. The van der Waals surface area contributed by atoms with E-state index in [1.165, 1.54) is 55.5 Å². The number of carbonyl (C=O) groups is 3. The highest BCUT2D eigenvalue weighted by molar-refractivity contribution is 8.00. The molecule has 5 aromatic rings. The second-order valence-corrected chi connectivity index (χ2v) is 12.8. The first kappa shape index (κ1) is 35.3. The van der Waals surface area contributed by atoms with Crippen LogP contribution in [0.4, 0.5) is 16.5 Å². The number of anilines is 2. The smallest absolute Gasteiger partial charge is 0.272 e. The molecule has 4 aromatic carbocycles. The molecule has 5 rings (SSSR count). The van der Waals surface area contributed by atoms with Gasteiger partial charge in [0, 0.05) is 44.8 Å². The molecule has 1 aromatic heterocycles. The van der Waals surface area contributed by atoms with E-state index in [0.717, 1.165) is 0 Å². The van der Waals surface area contributed by atoms with E-state index in [-0.39, 0.29) is 17.3 Å². The number of benzene rings is 4. The Labute approximate surface area is 295 Å². The minimum atomic E-state index is -0.588. The molecular formula is C36H31N5O7S2. The molecule has 0 aliphatic rings. The molecule has 0 bridgehead atoms. The molecular weight excluding hydrogens is 679 g/mol. The molecule has 0 spiro atoms. The Morgan fingerprint density at radius 1 is 0.920 bits per heavy atom. The van der Waals surface area contributed by atoms with Crippen LogP contribution < -0.4 is 25.4 Å². The molecule has 1 atom stereocenters. The summed E-state index contributed by atoms with van der Waals surface area (Å²) in [6.45, 7) is 1.74. The number of methoxy groups -OCH3 is 2. The Morgan fingerprint density at radius 3 is 2.42 bits per heavy atom. The van der Waals surface area contributed by atoms with Crippen LogP contribution in [0.5, 0.6) is 11.5 Å². The summed E-state index contributed by atoms with van der Waals surface area (Å²) < 4.78 is 10.9. The van der Waals surface area contributed by atoms with Crippen LogP contribution in [0.15, 0.2) is 113 Å². The molecule has 0 radical (unpaired) electrons. The Hall–Kier alpha value is -5.99. The molecule has 1 unspecified atom stereocenters. The van der Waals surface area contributed by atoms with Crippen LogP contribution in [0.1, 0.15) is 22.8 Å². The SMILES string of the molecule is COc1cccc(/C=C(/NC(=O)c2ccccc2)C(=O)Nc2cccc(SC(C)C(=O)Nc3nc(-c4cccc([N+](=O)[O-])c4)cs3)c2)c1OC. The van der Waals surface area contributed by atoms with Crippen molar-refractivity contribution in [3.63, 3.8) is 0 Å². The van der Waals surface area contributed by atoms with Gasteiger partial charge in [-0.1, -0.05) is 48.5 Å². The first-order chi connectivity index (χ1) is 24.1. The van der Waals surface area contributed by atoms with E-state index in [9.17, 15) is 24.5 Å². The summed E-state index contributed by atoms with van der Waals surface area (Å²) in [5.74, 6) is -0.523. The molecule has 0 aliphatic heterocycles. The van der Waals surface area contributed by atoms with Gasteiger partial charge in [0.2, 0.25) is 5.91 Å². The number of nitro groups is 1. The van der Waals surface area contributed by atoms with E-state index in [2.05, 4.69) is 20.9 Å². The maximum atomic E-state index is 13.7. The molecule has 1 heterocycles. The van der Waals surface area contributed by atoms with Crippen molar-refractivity contribution < 1.29 is 28.8 Å². The molecule has 254 valence electrons. The number of carbonyl (C=O) groups excluding carboxylic acids is 3. The van der Waals surface area contributed by atoms with Crippen molar-refractivity contribution in [2.45, 2.75) is 17.1 Å². The number of nitrogens with one attached hydrogen (secondary N) is 3. The number of non-ortho nitro benzene ring substituents is 1. The van der Waals surface area contributed by atoms with E-state index in [1.54, 1.807) is 91.2 Å². The summed E-state index contributed by atoms with van der Waals surface area (Å²) in [7, 11) is 2.99. The van der Waals surface area contributed by atoms with E-state index in [4.69, 9.17) is 9.47 Å². The number of hydrogen-bond acceptors (Lipinski definition) is 10. The van der Waals surface area contributed by atoms with Crippen LogP contribution in [-0.2, 0) is 9.59 Å². The lowest BCUT2D eigenvalue weighted by Crippen LogP contribution is -2.30. The van der Waals surface area contributed by atoms with E-state index in [1.807, 2.05) is 6.07 Å². The van der Waals surface area contributed by atoms with E-state index in [0.29, 0.717) is 49.6 Å². The lowest BCUT2D eigenvalue weighted by molar-refractivity contribution is -0.384. The van der Waals surface area contributed by atoms with Crippen LogP contribution in [0.3, 0.4) is 0 Å². The Kier molecular flexibility index (Phi) is 11.6. The van der Waals surface area contributed by atoms with Crippen molar-refractivity contribution in [1.82, 2.24) is 10.3 Å². The summed E-state index contributed by atoms with van der Waals surface area (Å²) >= 11 is 2.48. The quantitative estimate of drug-likeness (QED) is 0.0494. The highest BCUT2D eigenvalue weighted by Crippen LogP contribution is 2.33. The second kappa shape index (κ2) is 16.4. The van der Waals surface area contributed by atoms with Crippen molar-refractivity contribution >= 4 is 63.4 Å². The van der Waals surface area contributed by atoms with Gasteiger partial charge in [-0.2, -0.15) is 0 Å². The van der Waals surface area contributed by atoms with Crippen LogP contribution in [-0.4, -0.2) is 47.1 Å². The minimum absolute atomic E-state index is 0.0378. The summed E-state index contributed by atoms with van der Waals surface area (Å²) in [6, 6.07) is 26.8. The second-order valence-electron chi connectivity index (χ2n) is 10.5. The number of aromatic nitrogens is 1. The number of ether oxygens (including phenoxy) is 2. The zero-order valence-electron chi connectivity index (χ0n) is 27.0. The van der Waals surface area contributed by atoms with Crippen molar-refractivity contribution in [1.29, 1.82) is 0 Å². The lowest BCUT2D eigenvalue weighted by Gasteiger charge is -2.15. The average Bonchev–Trinajstić information content (AvgIpc) is 3.60. The van der Waals surface area contributed by atoms with Gasteiger partial charge < -0.3 is 25.4 Å². The first-order valence-corrected chi connectivity index (χ1v) is 16.8. The number of nitro benzene ring substituents is 1. The monoisotopic (exact) mass is 709 g/mol. The molecule has 0 fully saturated rings. The number of rotatable bonds is 13. The fourth-order valence-corrected chi connectivity index (χ4v) is 6.33.